The second kappa shape index (κ2) is 7.90. The van der Waals surface area contributed by atoms with Crippen LogP contribution in [0.3, 0.4) is 0 Å². The van der Waals surface area contributed by atoms with Gasteiger partial charge in [-0.3, -0.25) is 0 Å². The summed E-state index contributed by atoms with van der Waals surface area (Å²) in [6.45, 7) is 12.8. The molecule has 0 bridgehead atoms. The molecule has 0 atom stereocenters. The zero-order chi connectivity index (χ0) is 20.3. The van der Waals surface area contributed by atoms with Crippen molar-refractivity contribution >= 4 is 28.4 Å². The van der Waals surface area contributed by atoms with E-state index in [1.807, 2.05) is 24.3 Å². The Kier molecular flexibility index (Phi) is 5.56. The number of hydrogen-bond acceptors (Lipinski definition) is 3. The van der Waals surface area contributed by atoms with Crippen molar-refractivity contribution in [2.45, 2.75) is 40.0 Å². The average molecular weight is 373 g/mol. The quantitative estimate of drug-likeness (QED) is 0.578. The minimum Gasteiger partial charge on any atom is -0.372 e. The van der Waals surface area contributed by atoms with Crippen LogP contribution in [-0.4, -0.2) is 23.1 Å². The van der Waals surface area contributed by atoms with E-state index < -0.39 is 0 Å². The third-order valence-corrected chi connectivity index (χ3v) is 5.06. The van der Waals surface area contributed by atoms with Crippen molar-refractivity contribution in [1.29, 1.82) is 5.26 Å². The first kappa shape index (κ1) is 19.7. The number of rotatable bonds is 5. The number of fused-ring (bicyclic) bond motifs is 1. The molecule has 4 nitrogen and oxygen atoms in total. The lowest BCUT2D eigenvalue weighted by molar-refractivity contribution is 0.591. The third kappa shape index (κ3) is 4.09. The van der Waals surface area contributed by atoms with Gasteiger partial charge in [-0.05, 0) is 60.7 Å². The molecule has 0 aliphatic carbocycles. The van der Waals surface area contributed by atoms with E-state index in [2.05, 4.69) is 79.8 Å². The third-order valence-electron chi connectivity index (χ3n) is 5.06. The number of H-pyrrole nitrogens is 1. The molecule has 3 aromatic rings. The average Bonchev–Trinajstić information content (AvgIpc) is 3.10. The smallest absolute Gasteiger partial charge is 0.149 e. The van der Waals surface area contributed by atoms with Crippen molar-refractivity contribution < 1.29 is 0 Å². The van der Waals surface area contributed by atoms with E-state index in [1.54, 1.807) is 0 Å². The summed E-state index contributed by atoms with van der Waals surface area (Å²) in [6, 6.07) is 16.8. The lowest BCUT2D eigenvalue weighted by atomic mass is 9.87. The number of nitrogens with zero attached hydrogens (tertiary/aromatic N) is 3. The van der Waals surface area contributed by atoms with E-state index >= 15 is 0 Å². The first-order valence-corrected chi connectivity index (χ1v) is 9.83. The molecule has 28 heavy (non-hydrogen) atoms. The molecule has 0 aliphatic heterocycles. The van der Waals surface area contributed by atoms with E-state index in [-0.39, 0.29) is 5.41 Å². The maximum Gasteiger partial charge on any atom is 0.149 e. The molecule has 0 amide bonds. The molecule has 4 heteroatoms. The summed E-state index contributed by atoms with van der Waals surface area (Å²) >= 11 is 0. The normalized spacial score (nSPS) is 12.2. The molecule has 1 aromatic heterocycles. The SMILES string of the molecule is CCN(CC)c1ccc(/C=C(\C#N)c2nc3ccc(C(C)(C)C)cc3[nH]2)cc1. The van der Waals surface area contributed by atoms with E-state index in [0.717, 1.165) is 29.7 Å². The predicted octanol–water partition coefficient (Wildman–Crippen LogP) is 5.77. The Hall–Kier alpha value is -3.06. The molecule has 2 aromatic carbocycles. The van der Waals surface area contributed by atoms with Crippen LogP contribution in [0.2, 0.25) is 0 Å². The highest BCUT2D eigenvalue weighted by Gasteiger charge is 2.15. The van der Waals surface area contributed by atoms with Crippen molar-refractivity contribution in [3.05, 3.63) is 59.4 Å². The first-order chi connectivity index (χ1) is 13.4. The Balaban J connectivity index is 1.93. The summed E-state index contributed by atoms with van der Waals surface area (Å²) in [4.78, 5) is 10.2. The van der Waals surface area contributed by atoms with Crippen LogP contribution in [0.4, 0.5) is 5.69 Å². The Labute approximate surface area is 167 Å². The fourth-order valence-electron chi connectivity index (χ4n) is 3.29. The molecule has 0 spiro atoms. The molecule has 0 radical (unpaired) electrons. The minimum atomic E-state index is 0.0694. The summed E-state index contributed by atoms with van der Waals surface area (Å²) < 4.78 is 0. The van der Waals surface area contributed by atoms with Gasteiger partial charge in [0.25, 0.3) is 0 Å². The summed E-state index contributed by atoms with van der Waals surface area (Å²) in [5.74, 6) is 0.608. The van der Waals surface area contributed by atoms with Gasteiger partial charge >= 0.3 is 0 Å². The zero-order valence-electron chi connectivity index (χ0n) is 17.4. The molecule has 1 heterocycles. The van der Waals surface area contributed by atoms with Crippen LogP contribution in [0, 0.1) is 11.3 Å². The van der Waals surface area contributed by atoms with E-state index in [0.29, 0.717) is 11.4 Å². The highest BCUT2D eigenvalue weighted by molar-refractivity contribution is 5.90. The number of imidazole rings is 1. The van der Waals surface area contributed by atoms with Gasteiger partial charge in [0.05, 0.1) is 16.6 Å². The van der Waals surface area contributed by atoms with E-state index in [4.69, 9.17) is 0 Å². The lowest BCUT2D eigenvalue weighted by Gasteiger charge is -2.20. The maximum absolute atomic E-state index is 9.68. The molecular weight excluding hydrogens is 344 g/mol. The van der Waals surface area contributed by atoms with Crippen LogP contribution >= 0.6 is 0 Å². The van der Waals surface area contributed by atoms with Crippen LogP contribution in [0.1, 0.15) is 51.6 Å². The van der Waals surface area contributed by atoms with Gasteiger partial charge in [0.15, 0.2) is 0 Å². The van der Waals surface area contributed by atoms with E-state index in [1.165, 1.54) is 11.3 Å². The van der Waals surface area contributed by atoms with Crippen LogP contribution in [-0.2, 0) is 5.41 Å². The van der Waals surface area contributed by atoms with Gasteiger partial charge in [-0.25, -0.2) is 4.98 Å². The lowest BCUT2D eigenvalue weighted by Crippen LogP contribution is -2.21. The molecule has 0 aliphatic rings. The molecule has 0 saturated carbocycles. The Bertz CT molecular complexity index is 1020. The predicted molar refractivity (Wildman–Crippen MR) is 118 cm³/mol. The highest BCUT2D eigenvalue weighted by atomic mass is 15.1. The molecule has 3 rings (SSSR count). The second-order valence-corrected chi connectivity index (χ2v) is 8.00. The summed E-state index contributed by atoms with van der Waals surface area (Å²) in [5, 5.41) is 9.68. The highest BCUT2D eigenvalue weighted by Crippen LogP contribution is 2.27. The monoisotopic (exact) mass is 372 g/mol. The van der Waals surface area contributed by atoms with Crippen molar-refractivity contribution in [3.63, 3.8) is 0 Å². The van der Waals surface area contributed by atoms with Gasteiger partial charge in [-0.2, -0.15) is 5.26 Å². The van der Waals surface area contributed by atoms with E-state index in [9.17, 15) is 5.26 Å². The van der Waals surface area contributed by atoms with Gasteiger partial charge in [0, 0.05) is 18.8 Å². The van der Waals surface area contributed by atoms with Crippen molar-refractivity contribution in [1.82, 2.24) is 9.97 Å². The first-order valence-electron chi connectivity index (χ1n) is 9.83. The molecule has 1 N–H and O–H groups in total. The molecule has 0 fully saturated rings. The van der Waals surface area contributed by atoms with Gasteiger partial charge in [-0.1, -0.05) is 39.0 Å². The van der Waals surface area contributed by atoms with Gasteiger partial charge in [0.1, 0.15) is 11.9 Å². The van der Waals surface area contributed by atoms with Crippen LogP contribution in [0.5, 0.6) is 0 Å². The van der Waals surface area contributed by atoms with Gasteiger partial charge in [0.2, 0.25) is 0 Å². The second-order valence-electron chi connectivity index (χ2n) is 8.00. The van der Waals surface area contributed by atoms with Gasteiger partial charge in [-0.15, -0.1) is 0 Å². The number of nitrogens with one attached hydrogen (secondary N) is 1. The van der Waals surface area contributed by atoms with Gasteiger partial charge < -0.3 is 9.88 Å². The van der Waals surface area contributed by atoms with Crippen LogP contribution in [0.25, 0.3) is 22.7 Å². The number of aromatic amines is 1. The minimum absolute atomic E-state index is 0.0694. The largest absolute Gasteiger partial charge is 0.372 e. The fraction of sp³-hybridized carbons (Fsp3) is 0.333. The molecule has 0 saturated heterocycles. The molecule has 144 valence electrons. The number of anilines is 1. The topological polar surface area (TPSA) is 55.7 Å². The molecule has 0 unspecified atom stereocenters. The van der Waals surface area contributed by atoms with Crippen molar-refractivity contribution in [2.24, 2.45) is 0 Å². The maximum atomic E-state index is 9.68. The van der Waals surface area contributed by atoms with Crippen LogP contribution in [0.15, 0.2) is 42.5 Å². The number of nitriles is 1. The number of hydrogen-bond donors (Lipinski definition) is 1. The van der Waals surface area contributed by atoms with Crippen molar-refractivity contribution in [3.8, 4) is 6.07 Å². The zero-order valence-corrected chi connectivity index (χ0v) is 17.4. The standard InChI is InChI=1S/C24H28N4/c1-6-28(7-2)20-11-8-17(9-12-20)14-18(16-25)23-26-21-13-10-19(24(3,4)5)15-22(21)27-23/h8-15H,6-7H2,1-5H3,(H,26,27)/b18-14+. The summed E-state index contributed by atoms with van der Waals surface area (Å²) in [5.41, 5.74) is 5.86. The Morgan fingerprint density at radius 2 is 1.79 bits per heavy atom. The molecular formula is C24H28N4. The van der Waals surface area contributed by atoms with Crippen molar-refractivity contribution in [2.75, 3.05) is 18.0 Å². The Morgan fingerprint density at radius 3 is 2.36 bits per heavy atom. The number of allylic oxidation sites excluding steroid dienone is 1. The fourth-order valence-corrected chi connectivity index (χ4v) is 3.29. The number of aromatic nitrogens is 2. The van der Waals surface area contributed by atoms with Crippen LogP contribution < -0.4 is 4.90 Å². The summed E-state index contributed by atoms with van der Waals surface area (Å²) in [7, 11) is 0. The Morgan fingerprint density at radius 1 is 1.11 bits per heavy atom. The number of benzene rings is 2. The summed E-state index contributed by atoms with van der Waals surface area (Å²) in [6.07, 6.45) is 1.88.